The van der Waals surface area contributed by atoms with Crippen molar-refractivity contribution in [2.24, 2.45) is 5.92 Å². The van der Waals surface area contributed by atoms with Crippen LogP contribution in [0.15, 0.2) is 12.1 Å². The summed E-state index contributed by atoms with van der Waals surface area (Å²) in [5.41, 5.74) is 1.24. The molecule has 0 spiro atoms. The van der Waals surface area contributed by atoms with E-state index < -0.39 is 11.9 Å². The van der Waals surface area contributed by atoms with Crippen molar-refractivity contribution in [3.63, 3.8) is 0 Å². The van der Waals surface area contributed by atoms with Crippen LogP contribution in [0.2, 0.25) is 5.15 Å². The maximum absolute atomic E-state index is 12.5. The lowest BCUT2D eigenvalue weighted by molar-refractivity contribution is -0.143. The van der Waals surface area contributed by atoms with Gasteiger partial charge in [-0.15, -0.1) is 0 Å². The van der Waals surface area contributed by atoms with Crippen molar-refractivity contribution in [3.8, 4) is 0 Å². The molecule has 0 aromatic carbocycles. The van der Waals surface area contributed by atoms with Crippen LogP contribution in [0, 0.1) is 5.92 Å². The zero-order valence-corrected chi connectivity index (χ0v) is 12.9. The Bertz CT molecular complexity index is 560. The molecule has 0 saturated carbocycles. The fourth-order valence-corrected chi connectivity index (χ4v) is 2.70. The highest BCUT2D eigenvalue weighted by atomic mass is 35.5. The molecule has 1 aliphatic heterocycles. The third kappa shape index (κ3) is 3.73. The molecule has 0 bridgehead atoms. The lowest BCUT2D eigenvalue weighted by atomic mass is 9.97. The number of carbonyl (C=O) groups is 2. The summed E-state index contributed by atoms with van der Waals surface area (Å²) < 4.78 is 0. The number of hydrogen-bond acceptors (Lipinski definition) is 3. The molecule has 1 atom stereocenters. The Morgan fingerprint density at radius 2 is 2.14 bits per heavy atom. The predicted molar refractivity (Wildman–Crippen MR) is 79.6 cm³/mol. The number of carboxylic acid groups (broad SMARTS) is 1. The highest BCUT2D eigenvalue weighted by Gasteiger charge is 2.29. The lowest BCUT2D eigenvalue weighted by Gasteiger charge is -2.30. The summed E-state index contributed by atoms with van der Waals surface area (Å²) in [6.07, 6.45) is 1.33. The highest BCUT2D eigenvalue weighted by Crippen LogP contribution is 2.22. The molecule has 114 valence electrons. The number of likely N-dealkylation sites (tertiary alicyclic amines) is 1. The van der Waals surface area contributed by atoms with Gasteiger partial charge >= 0.3 is 5.97 Å². The predicted octanol–water partition coefficient (Wildman–Crippen LogP) is 2.80. The number of rotatable bonds is 3. The highest BCUT2D eigenvalue weighted by molar-refractivity contribution is 6.29. The number of halogens is 1. The Morgan fingerprint density at radius 3 is 2.76 bits per heavy atom. The van der Waals surface area contributed by atoms with Gasteiger partial charge in [-0.3, -0.25) is 9.59 Å². The Morgan fingerprint density at radius 1 is 1.43 bits per heavy atom. The van der Waals surface area contributed by atoms with Crippen molar-refractivity contribution in [2.75, 3.05) is 13.1 Å². The van der Waals surface area contributed by atoms with Gasteiger partial charge in [-0.1, -0.05) is 25.4 Å². The largest absolute Gasteiger partial charge is 0.481 e. The molecule has 1 N–H and O–H groups in total. The molecule has 0 radical (unpaired) electrons. The van der Waals surface area contributed by atoms with Crippen molar-refractivity contribution < 1.29 is 14.7 Å². The van der Waals surface area contributed by atoms with Crippen LogP contribution in [0.3, 0.4) is 0 Å². The van der Waals surface area contributed by atoms with Crippen molar-refractivity contribution in [3.05, 3.63) is 28.5 Å². The normalized spacial score (nSPS) is 18.9. The number of carbonyl (C=O) groups excluding carboxylic acids is 1. The number of hydrogen-bond donors (Lipinski definition) is 1. The fourth-order valence-electron chi connectivity index (χ4n) is 2.48. The average molecular weight is 311 g/mol. The van der Waals surface area contributed by atoms with E-state index in [0.29, 0.717) is 24.9 Å². The molecule has 1 fully saturated rings. The van der Waals surface area contributed by atoms with E-state index in [1.165, 1.54) is 0 Å². The number of amides is 1. The van der Waals surface area contributed by atoms with Crippen LogP contribution in [0.1, 0.15) is 48.7 Å². The third-order valence-electron chi connectivity index (χ3n) is 3.71. The number of carboxylic acids is 1. The number of aliphatic carboxylic acids is 1. The summed E-state index contributed by atoms with van der Waals surface area (Å²) in [6, 6.07) is 3.28. The van der Waals surface area contributed by atoms with Crippen LogP contribution in [-0.4, -0.2) is 40.0 Å². The van der Waals surface area contributed by atoms with E-state index in [2.05, 4.69) is 4.98 Å². The van der Waals surface area contributed by atoms with E-state index in [0.717, 1.165) is 5.69 Å². The topological polar surface area (TPSA) is 70.5 Å². The molecule has 1 aromatic rings. The summed E-state index contributed by atoms with van der Waals surface area (Å²) in [5, 5.41) is 9.39. The Kier molecular flexibility index (Phi) is 4.83. The van der Waals surface area contributed by atoms with Gasteiger partial charge in [0.15, 0.2) is 0 Å². The first-order chi connectivity index (χ1) is 9.88. The van der Waals surface area contributed by atoms with E-state index >= 15 is 0 Å². The van der Waals surface area contributed by atoms with Gasteiger partial charge < -0.3 is 10.0 Å². The molecule has 2 heterocycles. The van der Waals surface area contributed by atoms with Crippen LogP contribution in [0.4, 0.5) is 0 Å². The standard InChI is InChI=1S/C15H19ClN2O3/c1-9(2)12-6-11(7-13(16)17-12)14(19)18-5-3-4-10(8-18)15(20)21/h6-7,9-10H,3-5,8H2,1-2H3,(H,20,21)/t10-/m1/s1. The van der Waals surface area contributed by atoms with Crippen LogP contribution in [0.5, 0.6) is 0 Å². The van der Waals surface area contributed by atoms with Crippen LogP contribution >= 0.6 is 11.6 Å². The first kappa shape index (κ1) is 15.8. The number of pyridine rings is 1. The molecule has 1 saturated heterocycles. The van der Waals surface area contributed by atoms with Gasteiger partial charge in [0.05, 0.1) is 5.92 Å². The van der Waals surface area contributed by atoms with Gasteiger partial charge in [-0.25, -0.2) is 4.98 Å². The molecule has 2 rings (SSSR count). The van der Waals surface area contributed by atoms with Gasteiger partial charge in [0.25, 0.3) is 5.91 Å². The number of aromatic nitrogens is 1. The molecular formula is C15H19ClN2O3. The van der Waals surface area contributed by atoms with Crippen molar-refractivity contribution >= 4 is 23.5 Å². The zero-order chi connectivity index (χ0) is 15.6. The van der Waals surface area contributed by atoms with Crippen molar-refractivity contribution in [1.29, 1.82) is 0 Å². The molecule has 1 amide bonds. The molecule has 0 unspecified atom stereocenters. The minimum absolute atomic E-state index is 0.170. The average Bonchev–Trinajstić information content (AvgIpc) is 2.45. The van der Waals surface area contributed by atoms with E-state index in [1.807, 2.05) is 13.8 Å². The molecule has 0 aliphatic carbocycles. The quantitative estimate of drug-likeness (QED) is 0.871. The smallest absolute Gasteiger partial charge is 0.308 e. The molecule has 1 aliphatic rings. The maximum atomic E-state index is 12.5. The first-order valence-electron chi connectivity index (χ1n) is 7.08. The molecule has 5 nitrogen and oxygen atoms in total. The maximum Gasteiger partial charge on any atom is 0.308 e. The second-order valence-electron chi connectivity index (χ2n) is 5.69. The summed E-state index contributed by atoms with van der Waals surface area (Å²) in [4.78, 5) is 29.4. The summed E-state index contributed by atoms with van der Waals surface area (Å²) >= 11 is 5.98. The minimum atomic E-state index is -0.844. The minimum Gasteiger partial charge on any atom is -0.481 e. The van der Waals surface area contributed by atoms with E-state index in [9.17, 15) is 9.59 Å². The second kappa shape index (κ2) is 6.43. The first-order valence-corrected chi connectivity index (χ1v) is 7.46. The lowest BCUT2D eigenvalue weighted by Crippen LogP contribution is -2.42. The molecule has 6 heteroatoms. The van der Waals surface area contributed by atoms with Gasteiger partial charge in [-0.05, 0) is 30.9 Å². The van der Waals surface area contributed by atoms with Crippen LogP contribution < -0.4 is 0 Å². The van der Waals surface area contributed by atoms with Crippen molar-refractivity contribution in [1.82, 2.24) is 9.88 Å². The van der Waals surface area contributed by atoms with E-state index in [-0.39, 0.29) is 23.5 Å². The van der Waals surface area contributed by atoms with Gasteiger partial charge in [0.1, 0.15) is 5.15 Å². The second-order valence-corrected chi connectivity index (χ2v) is 6.07. The van der Waals surface area contributed by atoms with E-state index in [1.54, 1.807) is 17.0 Å². The number of nitrogens with zero attached hydrogens (tertiary/aromatic N) is 2. The Balaban J connectivity index is 2.21. The monoisotopic (exact) mass is 310 g/mol. The molecular weight excluding hydrogens is 292 g/mol. The van der Waals surface area contributed by atoms with Crippen LogP contribution in [0.25, 0.3) is 0 Å². The zero-order valence-electron chi connectivity index (χ0n) is 12.2. The Labute approximate surface area is 128 Å². The molecule has 1 aromatic heterocycles. The molecule has 21 heavy (non-hydrogen) atoms. The SMILES string of the molecule is CC(C)c1cc(C(=O)N2CCC[C@@H](C(=O)O)C2)cc(Cl)n1. The number of piperidine rings is 1. The third-order valence-corrected chi connectivity index (χ3v) is 3.90. The van der Waals surface area contributed by atoms with Gasteiger partial charge in [0.2, 0.25) is 0 Å². The summed E-state index contributed by atoms with van der Waals surface area (Å²) in [5.74, 6) is -1.33. The van der Waals surface area contributed by atoms with Crippen LogP contribution in [-0.2, 0) is 4.79 Å². The van der Waals surface area contributed by atoms with Crippen molar-refractivity contribution in [2.45, 2.75) is 32.6 Å². The van der Waals surface area contributed by atoms with E-state index in [4.69, 9.17) is 16.7 Å². The summed E-state index contributed by atoms with van der Waals surface area (Å²) in [6.45, 7) is 4.80. The Hall–Kier alpha value is -1.62. The van der Waals surface area contributed by atoms with Gasteiger partial charge in [0, 0.05) is 24.3 Å². The summed E-state index contributed by atoms with van der Waals surface area (Å²) in [7, 11) is 0. The van der Waals surface area contributed by atoms with Gasteiger partial charge in [-0.2, -0.15) is 0 Å². The fraction of sp³-hybridized carbons (Fsp3) is 0.533.